The van der Waals surface area contributed by atoms with E-state index in [4.69, 9.17) is 4.74 Å². The smallest absolute Gasteiger partial charge is 0.0600 e. The lowest BCUT2D eigenvalue weighted by Crippen LogP contribution is -2.65. The fraction of sp³-hybridized carbons (Fsp3) is 1.00. The third-order valence-electron chi connectivity index (χ3n) is 4.63. The third-order valence-corrected chi connectivity index (χ3v) is 4.63. The van der Waals surface area contributed by atoms with Crippen molar-refractivity contribution >= 4 is 0 Å². The topological polar surface area (TPSA) is 24.5 Å². The normalized spacial score (nSPS) is 28.7. The summed E-state index contributed by atoms with van der Waals surface area (Å²) < 4.78 is 5.94. The summed E-state index contributed by atoms with van der Waals surface area (Å²) in [7, 11) is 0. The molecule has 3 nitrogen and oxygen atoms in total. The van der Waals surface area contributed by atoms with Gasteiger partial charge in [-0.15, -0.1) is 0 Å². The van der Waals surface area contributed by atoms with Crippen LogP contribution in [0.15, 0.2) is 0 Å². The lowest BCUT2D eigenvalue weighted by atomic mass is 9.78. The van der Waals surface area contributed by atoms with Crippen molar-refractivity contribution in [2.24, 2.45) is 0 Å². The molecular weight excluding hydrogens is 236 g/mol. The van der Waals surface area contributed by atoms with E-state index in [1.807, 2.05) is 0 Å². The van der Waals surface area contributed by atoms with Gasteiger partial charge in [0.15, 0.2) is 0 Å². The summed E-state index contributed by atoms with van der Waals surface area (Å²) in [5, 5.41) is 3.70. The van der Waals surface area contributed by atoms with Crippen molar-refractivity contribution in [1.29, 1.82) is 0 Å². The second kappa shape index (κ2) is 6.11. The van der Waals surface area contributed by atoms with E-state index in [2.05, 4.69) is 37.9 Å². The second-order valence-electron chi connectivity index (χ2n) is 7.47. The molecule has 1 aliphatic carbocycles. The Bertz CT molecular complexity index is 279. The van der Waals surface area contributed by atoms with Gasteiger partial charge in [0.1, 0.15) is 0 Å². The highest BCUT2D eigenvalue weighted by Crippen LogP contribution is 2.35. The Hall–Kier alpha value is -0.120. The molecule has 2 fully saturated rings. The molecule has 1 saturated heterocycles. The number of hydrogen-bond acceptors (Lipinski definition) is 3. The highest BCUT2D eigenvalue weighted by molar-refractivity contribution is 4.99. The molecule has 0 radical (unpaired) electrons. The van der Waals surface area contributed by atoms with Crippen LogP contribution in [0.2, 0.25) is 0 Å². The van der Waals surface area contributed by atoms with Gasteiger partial charge in [-0.05, 0) is 40.5 Å². The maximum absolute atomic E-state index is 5.94. The van der Waals surface area contributed by atoms with E-state index in [1.54, 1.807) is 0 Å². The van der Waals surface area contributed by atoms with Crippen LogP contribution >= 0.6 is 0 Å². The lowest BCUT2D eigenvalue weighted by molar-refractivity contribution is -0.0475. The maximum atomic E-state index is 5.94. The molecule has 112 valence electrons. The van der Waals surface area contributed by atoms with Crippen molar-refractivity contribution in [3.05, 3.63) is 0 Å². The molecule has 1 saturated carbocycles. The fourth-order valence-corrected chi connectivity index (χ4v) is 3.56. The number of piperazine rings is 1. The molecule has 2 rings (SSSR count). The minimum Gasteiger partial charge on any atom is -0.375 e. The van der Waals surface area contributed by atoms with E-state index in [1.165, 1.54) is 45.2 Å². The Balaban J connectivity index is 1.92. The molecule has 1 spiro atoms. The maximum Gasteiger partial charge on any atom is 0.0600 e. The lowest BCUT2D eigenvalue weighted by Gasteiger charge is -2.51. The second-order valence-corrected chi connectivity index (χ2v) is 7.47. The number of hydrogen-bond donors (Lipinski definition) is 1. The Morgan fingerprint density at radius 1 is 1.21 bits per heavy atom. The first kappa shape index (κ1) is 15.3. The largest absolute Gasteiger partial charge is 0.375 e. The van der Waals surface area contributed by atoms with Gasteiger partial charge in [0, 0.05) is 31.2 Å². The van der Waals surface area contributed by atoms with Gasteiger partial charge in [0.05, 0.1) is 12.2 Å². The monoisotopic (exact) mass is 268 g/mol. The molecule has 1 atom stereocenters. The highest BCUT2D eigenvalue weighted by Gasteiger charge is 2.41. The zero-order valence-electron chi connectivity index (χ0n) is 13.3. The van der Waals surface area contributed by atoms with Crippen molar-refractivity contribution in [2.75, 3.05) is 26.2 Å². The Kier molecular flexibility index (Phi) is 4.91. The Labute approximate surface area is 119 Å². The minimum absolute atomic E-state index is 0.0145. The highest BCUT2D eigenvalue weighted by atomic mass is 16.5. The first-order valence-corrected chi connectivity index (χ1v) is 8.04. The van der Waals surface area contributed by atoms with Crippen LogP contribution in [0.1, 0.15) is 59.8 Å². The average molecular weight is 268 g/mol. The van der Waals surface area contributed by atoms with Gasteiger partial charge in [-0.25, -0.2) is 0 Å². The van der Waals surface area contributed by atoms with E-state index < -0.39 is 0 Å². The predicted molar refractivity (Wildman–Crippen MR) is 80.6 cm³/mol. The molecule has 19 heavy (non-hydrogen) atoms. The molecule has 1 heterocycles. The summed E-state index contributed by atoms with van der Waals surface area (Å²) in [5.41, 5.74) is 0.408. The number of ether oxygens (including phenoxy) is 1. The third kappa shape index (κ3) is 4.17. The zero-order valence-corrected chi connectivity index (χ0v) is 13.3. The fourth-order valence-electron chi connectivity index (χ4n) is 3.56. The molecule has 0 aromatic heterocycles. The zero-order chi connectivity index (χ0) is 13.9. The summed E-state index contributed by atoms with van der Waals surface area (Å²) in [6.45, 7) is 13.0. The van der Waals surface area contributed by atoms with E-state index in [0.29, 0.717) is 11.6 Å². The van der Waals surface area contributed by atoms with Crippen LogP contribution in [0.3, 0.4) is 0 Å². The Morgan fingerprint density at radius 3 is 2.53 bits per heavy atom. The van der Waals surface area contributed by atoms with Crippen molar-refractivity contribution in [2.45, 2.75) is 77.0 Å². The summed E-state index contributed by atoms with van der Waals surface area (Å²) in [5.74, 6) is 0. The van der Waals surface area contributed by atoms with Crippen molar-refractivity contribution < 1.29 is 4.74 Å². The molecule has 1 N–H and O–H groups in total. The molecule has 2 aliphatic rings. The van der Waals surface area contributed by atoms with Gasteiger partial charge in [-0.2, -0.15) is 0 Å². The van der Waals surface area contributed by atoms with Gasteiger partial charge in [-0.1, -0.05) is 19.3 Å². The predicted octanol–water partition coefficient (Wildman–Crippen LogP) is 2.80. The van der Waals surface area contributed by atoms with Gasteiger partial charge in [-0.3, -0.25) is 4.90 Å². The SMILES string of the molecule is CC1CN(CCOC(C)(C)C)C2(CCCCC2)CN1. The quantitative estimate of drug-likeness (QED) is 0.852. The summed E-state index contributed by atoms with van der Waals surface area (Å²) in [6.07, 6.45) is 6.94. The van der Waals surface area contributed by atoms with Crippen molar-refractivity contribution in [3.63, 3.8) is 0 Å². The molecule has 0 bridgehead atoms. The molecule has 0 amide bonds. The minimum atomic E-state index is -0.0145. The van der Waals surface area contributed by atoms with Crippen molar-refractivity contribution in [1.82, 2.24) is 10.2 Å². The van der Waals surface area contributed by atoms with Crippen molar-refractivity contribution in [3.8, 4) is 0 Å². The van der Waals surface area contributed by atoms with Crippen LogP contribution in [0.5, 0.6) is 0 Å². The van der Waals surface area contributed by atoms with Crippen LogP contribution in [0.4, 0.5) is 0 Å². The van der Waals surface area contributed by atoms with Crippen LogP contribution in [0, 0.1) is 0 Å². The van der Waals surface area contributed by atoms with E-state index in [0.717, 1.165) is 13.2 Å². The van der Waals surface area contributed by atoms with E-state index >= 15 is 0 Å². The molecule has 0 aromatic carbocycles. The van der Waals surface area contributed by atoms with Gasteiger partial charge >= 0.3 is 0 Å². The Morgan fingerprint density at radius 2 is 1.89 bits per heavy atom. The molecule has 3 heteroatoms. The molecule has 1 aliphatic heterocycles. The van der Waals surface area contributed by atoms with Gasteiger partial charge < -0.3 is 10.1 Å². The van der Waals surface area contributed by atoms with Crippen LogP contribution in [0.25, 0.3) is 0 Å². The first-order valence-electron chi connectivity index (χ1n) is 8.04. The van der Waals surface area contributed by atoms with E-state index in [9.17, 15) is 0 Å². The average Bonchev–Trinajstić information content (AvgIpc) is 2.34. The number of nitrogens with zero attached hydrogens (tertiary/aromatic N) is 1. The van der Waals surface area contributed by atoms with Crippen LogP contribution in [-0.2, 0) is 4.74 Å². The molecule has 0 aromatic rings. The molecule has 1 unspecified atom stereocenters. The summed E-state index contributed by atoms with van der Waals surface area (Å²) in [6, 6.07) is 0.613. The van der Waals surface area contributed by atoms with Gasteiger partial charge in [0.25, 0.3) is 0 Å². The summed E-state index contributed by atoms with van der Waals surface area (Å²) >= 11 is 0. The standard InChI is InChI=1S/C16H32N2O/c1-14-12-18(10-11-19-15(2,3)4)16(13-17-14)8-6-5-7-9-16/h14,17H,5-13H2,1-4H3. The van der Waals surface area contributed by atoms with Crippen LogP contribution < -0.4 is 5.32 Å². The number of rotatable bonds is 3. The first-order chi connectivity index (χ1) is 8.91. The summed E-state index contributed by atoms with van der Waals surface area (Å²) in [4.78, 5) is 2.72. The number of nitrogens with one attached hydrogen (secondary N) is 1. The van der Waals surface area contributed by atoms with Crippen LogP contribution in [-0.4, -0.2) is 48.3 Å². The molecular formula is C16H32N2O. The van der Waals surface area contributed by atoms with E-state index in [-0.39, 0.29) is 5.60 Å². The van der Waals surface area contributed by atoms with Gasteiger partial charge in [0.2, 0.25) is 0 Å².